The van der Waals surface area contributed by atoms with Crippen LogP contribution in [0.1, 0.15) is 63.3 Å². The SMILES string of the molecule is CC(C)(C)CCc1nc(N)sc1C(=O)C(C)(C)C. The van der Waals surface area contributed by atoms with Crippen molar-refractivity contribution in [2.45, 2.75) is 54.4 Å². The summed E-state index contributed by atoms with van der Waals surface area (Å²) < 4.78 is 0. The molecule has 1 aromatic heterocycles. The summed E-state index contributed by atoms with van der Waals surface area (Å²) >= 11 is 1.32. The van der Waals surface area contributed by atoms with Crippen LogP contribution in [-0.2, 0) is 6.42 Å². The van der Waals surface area contributed by atoms with Crippen LogP contribution in [0.5, 0.6) is 0 Å². The Bertz CT molecular complexity index is 436. The van der Waals surface area contributed by atoms with Crippen LogP contribution in [0.4, 0.5) is 5.13 Å². The smallest absolute Gasteiger partial charge is 0.180 e. The van der Waals surface area contributed by atoms with Crippen molar-refractivity contribution in [3.05, 3.63) is 10.6 Å². The number of aromatic nitrogens is 1. The molecule has 0 bridgehead atoms. The summed E-state index contributed by atoms with van der Waals surface area (Å²) in [6.45, 7) is 12.4. The van der Waals surface area contributed by atoms with E-state index in [0.29, 0.717) is 5.13 Å². The molecule has 0 saturated heterocycles. The van der Waals surface area contributed by atoms with Crippen LogP contribution in [-0.4, -0.2) is 10.8 Å². The van der Waals surface area contributed by atoms with Crippen LogP contribution in [0.3, 0.4) is 0 Å². The monoisotopic (exact) mass is 268 g/mol. The number of nitrogen functional groups attached to an aromatic ring is 1. The van der Waals surface area contributed by atoms with Gasteiger partial charge in [0.05, 0.1) is 10.6 Å². The Morgan fingerprint density at radius 2 is 1.78 bits per heavy atom. The molecule has 0 unspecified atom stereocenters. The molecule has 0 radical (unpaired) electrons. The van der Waals surface area contributed by atoms with Gasteiger partial charge in [0.25, 0.3) is 0 Å². The van der Waals surface area contributed by atoms with Gasteiger partial charge in [0.1, 0.15) is 0 Å². The van der Waals surface area contributed by atoms with Gasteiger partial charge in [0.2, 0.25) is 0 Å². The summed E-state index contributed by atoms with van der Waals surface area (Å²) in [4.78, 5) is 17.4. The van der Waals surface area contributed by atoms with Crippen LogP contribution < -0.4 is 5.73 Å². The van der Waals surface area contributed by atoms with Gasteiger partial charge in [-0.25, -0.2) is 4.98 Å². The third-order valence-corrected chi connectivity index (χ3v) is 3.64. The predicted molar refractivity (Wildman–Crippen MR) is 78.1 cm³/mol. The average molecular weight is 268 g/mol. The Hall–Kier alpha value is -0.900. The van der Waals surface area contributed by atoms with Gasteiger partial charge in [-0.3, -0.25) is 4.79 Å². The molecular formula is C14H24N2OS. The van der Waals surface area contributed by atoms with Crippen molar-refractivity contribution in [2.75, 3.05) is 5.73 Å². The summed E-state index contributed by atoms with van der Waals surface area (Å²) in [5.74, 6) is 0.139. The van der Waals surface area contributed by atoms with E-state index in [9.17, 15) is 4.79 Å². The summed E-state index contributed by atoms with van der Waals surface area (Å²) in [5, 5.41) is 0.492. The van der Waals surface area contributed by atoms with Gasteiger partial charge in [-0.2, -0.15) is 0 Å². The summed E-state index contributed by atoms with van der Waals surface area (Å²) in [6.07, 6.45) is 1.81. The minimum absolute atomic E-state index is 0.139. The fourth-order valence-corrected chi connectivity index (χ4v) is 2.58. The zero-order valence-corrected chi connectivity index (χ0v) is 13.1. The third-order valence-electron chi connectivity index (χ3n) is 2.71. The largest absolute Gasteiger partial charge is 0.375 e. The summed E-state index contributed by atoms with van der Waals surface area (Å²) in [6, 6.07) is 0. The number of thiazole rings is 1. The first-order valence-electron chi connectivity index (χ1n) is 6.31. The molecule has 4 heteroatoms. The molecule has 2 N–H and O–H groups in total. The minimum atomic E-state index is -0.380. The quantitative estimate of drug-likeness (QED) is 0.845. The minimum Gasteiger partial charge on any atom is -0.375 e. The lowest BCUT2D eigenvalue weighted by Gasteiger charge is -2.19. The first-order chi connectivity index (χ1) is 8.00. The zero-order valence-electron chi connectivity index (χ0n) is 12.3. The highest BCUT2D eigenvalue weighted by molar-refractivity contribution is 7.17. The second kappa shape index (κ2) is 5.00. The van der Waals surface area contributed by atoms with Gasteiger partial charge in [0.15, 0.2) is 10.9 Å². The second-order valence-electron chi connectivity index (χ2n) is 6.97. The standard InChI is InChI=1S/C14H24N2OS/c1-13(2,3)8-7-9-10(18-12(15)16-9)11(17)14(4,5)6/h7-8H2,1-6H3,(H2,15,16). The highest BCUT2D eigenvalue weighted by Crippen LogP contribution is 2.31. The maximum absolute atomic E-state index is 12.3. The Morgan fingerprint density at radius 3 is 2.22 bits per heavy atom. The predicted octanol–water partition coefficient (Wildman–Crippen LogP) is 3.93. The van der Waals surface area contributed by atoms with E-state index < -0.39 is 0 Å². The first kappa shape index (κ1) is 15.2. The van der Waals surface area contributed by atoms with E-state index in [1.165, 1.54) is 11.3 Å². The molecule has 0 amide bonds. The molecule has 3 nitrogen and oxygen atoms in total. The second-order valence-corrected chi connectivity index (χ2v) is 8.00. The maximum Gasteiger partial charge on any atom is 0.180 e. The van der Waals surface area contributed by atoms with E-state index >= 15 is 0 Å². The number of rotatable bonds is 3. The van der Waals surface area contributed by atoms with Crippen LogP contribution in [0.2, 0.25) is 0 Å². The lowest BCUT2D eigenvalue weighted by atomic mass is 9.87. The number of nitrogens with zero attached hydrogens (tertiary/aromatic N) is 1. The van der Waals surface area contributed by atoms with E-state index in [4.69, 9.17) is 5.73 Å². The number of nitrogens with two attached hydrogens (primary N) is 1. The van der Waals surface area contributed by atoms with Crippen LogP contribution in [0.15, 0.2) is 0 Å². The molecule has 1 aromatic rings. The van der Waals surface area contributed by atoms with E-state index in [0.717, 1.165) is 23.4 Å². The van der Waals surface area contributed by atoms with E-state index in [2.05, 4.69) is 25.8 Å². The molecule has 0 aromatic carbocycles. The van der Waals surface area contributed by atoms with Crippen molar-refractivity contribution >= 4 is 22.3 Å². The average Bonchev–Trinajstić information content (AvgIpc) is 2.52. The Labute approximate surface area is 114 Å². The Balaban J connectivity index is 2.97. The number of hydrogen-bond donors (Lipinski definition) is 1. The number of carbonyl (C=O) groups excluding carboxylic acids is 1. The first-order valence-corrected chi connectivity index (χ1v) is 7.12. The van der Waals surface area contributed by atoms with Gasteiger partial charge in [-0.1, -0.05) is 52.9 Å². The van der Waals surface area contributed by atoms with E-state index in [1.807, 2.05) is 20.8 Å². The molecule has 1 rings (SSSR count). The Morgan fingerprint density at radius 1 is 1.22 bits per heavy atom. The highest BCUT2D eigenvalue weighted by atomic mass is 32.1. The number of anilines is 1. The van der Waals surface area contributed by atoms with Crippen LogP contribution in [0.25, 0.3) is 0 Å². The fourth-order valence-electron chi connectivity index (χ4n) is 1.55. The van der Waals surface area contributed by atoms with Gasteiger partial charge >= 0.3 is 0 Å². The molecule has 102 valence electrons. The molecule has 0 saturated carbocycles. The van der Waals surface area contributed by atoms with Gasteiger partial charge < -0.3 is 5.73 Å². The number of hydrogen-bond acceptors (Lipinski definition) is 4. The van der Waals surface area contributed by atoms with Crippen molar-refractivity contribution in [3.63, 3.8) is 0 Å². The van der Waals surface area contributed by atoms with Gasteiger partial charge in [-0.05, 0) is 18.3 Å². The molecule has 1 heterocycles. The lowest BCUT2D eigenvalue weighted by Crippen LogP contribution is -2.20. The van der Waals surface area contributed by atoms with E-state index in [-0.39, 0.29) is 16.6 Å². The van der Waals surface area contributed by atoms with E-state index in [1.54, 1.807) is 0 Å². The van der Waals surface area contributed by atoms with Crippen molar-refractivity contribution in [3.8, 4) is 0 Å². The third kappa shape index (κ3) is 4.09. The topological polar surface area (TPSA) is 56.0 Å². The van der Waals surface area contributed by atoms with Crippen LogP contribution >= 0.6 is 11.3 Å². The van der Waals surface area contributed by atoms with Crippen molar-refractivity contribution < 1.29 is 4.79 Å². The van der Waals surface area contributed by atoms with Crippen molar-refractivity contribution in [2.24, 2.45) is 10.8 Å². The molecular weight excluding hydrogens is 244 g/mol. The van der Waals surface area contributed by atoms with Crippen molar-refractivity contribution in [1.29, 1.82) is 0 Å². The van der Waals surface area contributed by atoms with Gasteiger partial charge in [0, 0.05) is 5.41 Å². The fraction of sp³-hybridized carbons (Fsp3) is 0.714. The molecule has 0 spiro atoms. The number of Topliss-reactive ketones (excluding diaryl/α,β-unsaturated/α-hetero) is 1. The van der Waals surface area contributed by atoms with Gasteiger partial charge in [-0.15, -0.1) is 0 Å². The lowest BCUT2D eigenvalue weighted by molar-refractivity contribution is 0.0861. The highest BCUT2D eigenvalue weighted by Gasteiger charge is 2.28. The maximum atomic E-state index is 12.3. The number of ketones is 1. The molecule has 0 aliphatic carbocycles. The summed E-state index contributed by atoms with van der Waals surface area (Å²) in [7, 11) is 0. The summed E-state index contributed by atoms with van der Waals surface area (Å²) in [5.41, 5.74) is 6.48. The normalized spacial score (nSPS) is 12.8. The van der Waals surface area contributed by atoms with Crippen LogP contribution in [0, 0.1) is 10.8 Å². The molecule has 0 atom stereocenters. The van der Waals surface area contributed by atoms with Crippen molar-refractivity contribution in [1.82, 2.24) is 4.98 Å². The number of aryl methyl sites for hydroxylation is 1. The molecule has 0 fully saturated rings. The molecule has 0 aliphatic heterocycles. The Kier molecular flexibility index (Phi) is 4.21. The molecule has 18 heavy (non-hydrogen) atoms. The zero-order chi connectivity index (χ0) is 14.1. The molecule has 0 aliphatic rings. The number of carbonyl (C=O) groups is 1.